The van der Waals surface area contributed by atoms with Crippen molar-refractivity contribution in [2.24, 2.45) is 5.92 Å². The number of esters is 1. The van der Waals surface area contributed by atoms with E-state index in [1.807, 2.05) is 0 Å². The number of nitrogens with zero attached hydrogens (tertiary/aromatic N) is 4. The number of aromatic nitrogens is 3. The molecule has 1 aromatic heterocycles. The van der Waals surface area contributed by atoms with Crippen LogP contribution in [0.1, 0.15) is 26.7 Å². The van der Waals surface area contributed by atoms with E-state index in [2.05, 4.69) is 15.0 Å². The van der Waals surface area contributed by atoms with Crippen LogP contribution in [-0.2, 0) is 14.3 Å². The Morgan fingerprint density at radius 1 is 1.25 bits per heavy atom. The lowest BCUT2D eigenvalue weighted by Crippen LogP contribution is -2.43. The summed E-state index contributed by atoms with van der Waals surface area (Å²) in [5, 5.41) is -0.0624. The third-order valence-corrected chi connectivity index (χ3v) is 4.65. The molecule has 132 valence electrons. The van der Waals surface area contributed by atoms with Gasteiger partial charge in [-0.2, -0.15) is 15.0 Å². The number of nitrogens with two attached hydrogens (primary N) is 2. The van der Waals surface area contributed by atoms with Crippen LogP contribution in [0, 0.1) is 5.92 Å². The topological polar surface area (TPSA) is 137 Å². The molecule has 1 saturated heterocycles. The molecule has 0 unspecified atom stereocenters. The van der Waals surface area contributed by atoms with Gasteiger partial charge in [0.15, 0.2) is 5.16 Å². The minimum atomic E-state index is -0.384. The lowest BCUT2D eigenvalue weighted by atomic mass is 9.97. The number of ether oxygens (including phenoxy) is 1. The number of nitrogen functional groups attached to an aromatic ring is 2. The van der Waals surface area contributed by atoms with Crippen molar-refractivity contribution >= 4 is 35.5 Å². The van der Waals surface area contributed by atoms with Crippen LogP contribution in [0.5, 0.6) is 0 Å². The number of rotatable bonds is 5. The lowest BCUT2D eigenvalue weighted by Gasteiger charge is -2.32. The minimum absolute atomic E-state index is 0.0277. The maximum atomic E-state index is 12.5. The zero-order valence-electron chi connectivity index (χ0n) is 13.8. The Morgan fingerprint density at radius 3 is 2.38 bits per heavy atom. The summed E-state index contributed by atoms with van der Waals surface area (Å²) in [7, 11) is 0. The van der Waals surface area contributed by atoms with Gasteiger partial charge in [-0.05, 0) is 26.7 Å². The summed E-state index contributed by atoms with van der Waals surface area (Å²) in [6, 6.07) is 0. The Hall–Kier alpha value is -2.10. The standard InChI is InChI=1S/C14H22N6O3S/c1-3-23-11(22)9-4-6-20(7-5-9)10(21)8(2)24-14-18-12(15)17-13(16)19-14/h8-9H,3-7H2,1-2H3,(H4,15,16,17,18,19)/t8-/m1/s1. The van der Waals surface area contributed by atoms with Gasteiger partial charge in [-0.3, -0.25) is 9.59 Å². The molecule has 1 atom stereocenters. The Balaban J connectivity index is 1.89. The number of carbonyl (C=O) groups is 2. The molecule has 9 nitrogen and oxygen atoms in total. The second-order valence-electron chi connectivity index (χ2n) is 5.45. The molecular formula is C14H22N6O3S. The van der Waals surface area contributed by atoms with Gasteiger partial charge in [-0.1, -0.05) is 11.8 Å². The first-order valence-electron chi connectivity index (χ1n) is 7.79. The average Bonchev–Trinajstić information content (AvgIpc) is 2.53. The molecule has 1 aliphatic heterocycles. The number of hydrogen-bond donors (Lipinski definition) is 2. The molecule has 1 amide bonds. The van der Waals surface area contributed by atoms with E-state index in [9.17, 15) is 9.59 Å². The molecule has 0 bridgehead atoms. The van der Waals surface area contributed by atoms with Crippen molar-refractivity contribution in [3.8, 4) is 0 Å². The highest BCUT2D eigenvalue weighted by Crippen LogP contribution is 2.25. The minimum Gasteiger partial charge on any atom is -0.466 e. The van der Waals surface area contributed by atoms with Crippen LogP contribution in [-0.4, -0.2) is 56.7 Å². The molecule has 0 aliphatic carbocycles. The zero-order valence-corrected chi connectivity index (χ0v) is 14.6. The van der Waals surface area contributed by atoms with Gasteiger partial charge in [0.1, 0.15) is 0 Å². The molecule has 10 heteroatoms. The largest absolute Gasteiger partial charge is 0.466 e. The van der Waals surface area contributed by atoms with Crippen molar-refractivity contribution in [3.63, 3.8) is 0 Å². The summed E-state index contributed by atoms with van der Waals surface area (Å²) in [5.41, 5.74) is 11.1. The van der Waals surface area contributed by atoms with Gasteiger partial charge in [-0.25, -0.2) is 0 Å². The van der Waals surface area contributed by atoms with Gasteiger partial charge in [-0.15, -0.1) is 0 Å². The van der Waals surface area contributed by atoms with E-state index in [-0.39, 0.29) is 34.9 Å². The highest BCUT2D eigenvalue weighted by Gasteiger charge is 2.30. The number of thioether (sulfide) groups is 1. The summed E-state index contributed by atoms with van der Waals surface area (Å²) < 4.78 is 5.03. The summed E-state index contributed by atoms with van der Waals surface area (Å²) >= 11 is 1.18. The van der Waals surface area contributed by atoms with E-state index in [0.29, 0.717) is 37.7 Å². The highest BCUT2D eigenvalue weighted by molar-refractivity contribution is 8.00. The molecule has 4 N–H and O–H groups in total. The maximum Gasteiger partial charge on any atom is 0.309 e. The van der Waals surface area contributed by atoms with E-state index in [1.165, 1.54) is 11.8 Å². The second kappa shape index (κ2) is 8.13. The first-order valence-corrected chi connectivity index (χ1v) is 8.67. The molecule has 0 radical (unpaired) electrons. The number of anilines is 2. The van der Waals surface area contributed by atoms with E-state index < -0.39 is 0 Å². The molecule has 2 heterocycles. The van der Waals surface area contributed by atoms with Crippen LogP contribution >= 0.6 is 11.8 Å². The third kappa shape index (κ3) is 4.70. The molecule has 0 saturated carbocycles. The van der Waals surface area contributed by atoms with Gasteiger partial charge in [0.25, 0.3) is 0 Å². The number of piperidine rings is 1. The fourth-order valence-electron chi connectivity index (χ4n) is 2.50. The van der Waals surface area contributed by atoms with Crippen molar-refractivity contribution in [3.05, 3.63) is 0 Å². The predicted octanol–water partition coefficient (Wildman–Crippen LogP) is 0.318. The van der Waals surface area contributed by atoms with Crippen molar-refractivity contribution < 1.29 is 14.3 Å². The van der Waals surface area contributed by atoms with Crippen molar-refractivity contribution in [1.29, 1.82) is 0 Å². The monoisotopic (exact) mass is 354 g/mol. The summed E-state index contributed by atoms with van der Waals surface area (Å²) in [6.45, 7) is 5.02. The van der Waals surface area contributed by atoms with E-state index in [4.69, 9.17) is 16.2 Å². The summed E-state index contributed by atoms with van der Waals surface area (Å²) in [6.07, 6.45) is 1.24. The van der Waals surface area contributed by atoms with E-state index >= 15 is 0 Å². The van der Waals surface area contributed by atoms with Crippen LogP contribution in [0.15, 0.2) is 5.16 Å². The zero-order chi connectivity index (χ0) is 17.7. The highest BCUT2D eigenvalue weighted by atomic mass is 32.2. The van der Waals surface area contributed by atoms with Crippen LogP contribution < -0.4 is 11.5 Å². The van der Waals surface area contributed by atoms with Crippen molar-refractivity contribution in [2.75, 3.05) is 31.2 Å². The number of carbonyl (C=O) groups excluding carboxylic acids is 2. The fourth-order valence-corrected chi connectivity index (χ4v) is 3.36. The summed E-state index contributed by atoms with van der Waals surface area (Å²) in [5.74, 6) is -0.275. The molecule has 1 aromatic rings. The predicted molar refractivity (Wildman–Crippen MR) is 89.9 cm³/mol. The number of amides is 1. The summed E-state index contributed by atoms with van der Waals surface area (Å²) in [4.78, 5) is 37.6. The Labute approximate surface area is 144 Å². The Kier molecular flexibility index (Phi) is 6.18. The SMILES string of the molecule is CCOC(=O)C1CCN(C(=O)[C@@H](C)Sc2nc(N)nc(N)n2)CC1. The molecule has 1 fully saturated rings. The second-order valence-corrected chi connectivity index (χ2v) is 6.75. The normalized spacial score (nSPS) is 16.7. The molecule has 0 aromatic carbocycles. The Bertz CT molecular complexity index is 586. The number of likely N-dealkylation sites (tertiary alicyclic amines) is 1. The molecule has 1 aliphatic rings. The van der Waals surface area contributed by atoms with E-state index in [0.717, 1.165) is 0 Å². The third-order valence-electron chi connectivity index (χ3n) is 3.71. The number of hydrogen-bond acceptors (Lipinski definition) is 9. The van der Waals surface area contributed by atoms with Crippen LogP contribution in [0.3, 0.4) is 0 Å². The molecule has 24 heavy (non-hydrogen) atoms. The van der Waals surface area contributed by atoms with Gasteiger partial charge in [0.05, 0.1) is 17.8 Å². The first-order chi connectivity index (χ1) is 11.4. The van der Waals surface area contributed by atoms with Gasteiger partial charge in [0, 0.05) is 13.1 Å². The molecule has 0 spiro atoms. The Morgan fingerprint density at radius 2 is 1.83 bits per heavy atom. The van der Waals surface area contributed by atoms with Crippen LogP contribution in [0.4, 0.5) is 11.9 Å². The van der Waals surface area contributed by atoms with Gasteiger partial charge >= 0.3 is 5.97 Å². The fraction of sp³-hybridized carbons (Fsp3) is 0.643. The quantitative estimate of drug-likeness (QED) is 0.565. The van der Waals surface area contributed by atoms with Crippen molar-refractivity contribution in [1.82, 2.24) is 19.9 Å². The van der Waals surface area contributed by atoms with Crippen molar-refractivity contribution in [2.45, 2.75) is 37.1 Å². The molecular weight excluding hydrogens is 332 g/mol. The smallest absolute Gasteiger partial charge is 0.309 e. The van der Waals surface area contributed by atoms with Gasteiger partial charge < -0.3 is 21.1 Å². The average molecular weight is 354 g/mol. The van der Waals surface area contributed by atoms with Gasteiger partial charge in [0.2, 0.25) is 17.8 Å². The lowest BCUT2D eigenvalue weighted by molar-refractivity contribution is -0.151. The van der Waals surface area contributed by atoms with Crippen LogP contribution in [0.2, 0.25) is 0 Å². The van der Waals surface area contributed by atoms with E-state index in [1.54, 1.807) is 18.7 Å². The van der Waals surface area contributed by atoms with Crippen LogP contribution in [0.25, 0.3) is 0 Å². The maximum absolute atomic E-state index is 12.5. The first kappa shape index (κ1) is 18.2. The molecule has 2 rings (SSSR count).